The summed E-state index contributed by atoms with van der Waals surface area (Å²) < 4.78 is 16.0. The second-order valence-electron chi connectivity index (χ2n) is 4.63. The largest absolute Gasteiger partial charge is 0.493 e. The molecule has 5 heteroatoms. The van der Waals surface area contributed by atoms with Crippen LogP contribution >= 0.6 is 0 Å². The van der Waals surface area contributed by atoms with Gasteiger partial charge < -0.3 is 24.8 Å². The van der Waals surface area contributed by atoms with Gasteiger partial charge in [-0.1, -0.05) is 0 Å². The van der Waals surface area contributed by atoms with Crippen LogP contribution in [0.5, 0.6) is 11.5 Å². The molecule has 1 aromatic rings. The standard InChI is InChI=1S/C14H22N2O3/c1-10-6-13(17-2)14(18-3)7-12(10)16-8-11-9-19-5-4-15-11/h6-7,11,15-16H,4-5,8-9H2,1-3H3. The Morgan fingerprint density at radius 1 is 1.32 bits per heavy atom. The first-order chi connectivity index (χ1) is 9.24. The lowest BCUT2D eigenvalue weighted by molar-refractivity contribution is 0.0806. The van der Waals surface area contributed by atoms with Crippen molar-refractivity contribution in [3.63, 3.8) is 0 Å². The van der Waals surface area contributed by atoms with E-state index in [2.05, 4.69) is 17.6 Å². The van der Waals surface area contributed by atoms with Crippen molar-refractivity contribution in [3.8, 4) is 11.5 Å². The molecule has 0 aromatic heterocycles. The zero-order valence-electron chi connectivity index (χ0n) is 11.8. The summed E-state index contributed by atoms with van der Waals surface area (Å²) in [4.78, 5) is 0. The van der Waals surface area contributed by atoms with E-state index in [4.69, 9.17) is 14.2 Å². The molecule has 2 N–H and O–H groups in total. The third kappa shape index (κ3) is 3.52. The molecule has 19 heavy (non-hydrogen) atoms. The Bertz CT molecular complexity index is 417. The van der Waals surface area contributed by atoms with Gasteiger partial charge in [0.15, 0.2) is 11.5 Å². The van der Waals surface area contributed by atoms with E-state index in [9.17, 15) is 0 Å². The monoisotopic (exact) mass is 266 g/mol. The van der Waals surface area contributed by atoms with Gasteiger partial charge in [-0.25, -0.2) is 0 Å². The number of rotatable bonds is 5. The zero-order valence-corrected chi connectivity index (χ0v) is 11.8. The van der Waals surface area contributed by atoms with Gasteiger partial charge in [-0.2, -0.15) is 0 Å². The predicted octanol–water partition coefficient (Wildman–Crippen LogP) is 1.41. The van der Waals surface area contributed by atoms with Gasteiger partial charge in [0.25, 0.3) is 0 Å². The van der Waals surface area contributed by atoms with Gasteiger partial charge in [0, 0.05) is 30.9 Å². The topological polar surface area (TPSA) is 51.8 Å². The van der Waals surface area contributed by atoms with E-state index in [-0.39, 0.29) is 0 Å². The fourth-order valence-electron chi connectivity index (χ4n) is 2.16. The number of morpholine rings is 1. The van der Waals surface area contributed by atoms with Crippen LogP contribution in [0.4, 0.5) is 5.69 Å². The van der Waals surface area contributed by atoms with Crippen molar-refractivity contribution in [2.24, 2.45) is 0 Å². The first kappa shape index (κ1) is 14.0. The third-order valence-electron chi connectivity index (χ3n) is 3.27. The summed E-state index contributed by atoms with van der Waals surface area (Å²) in [5.74, 6) is 1.49. The second kappa shape index (κ2) is 6.63. The van der Waals surface area contributed by atoms with Gasteiger partial charge in [-0.15, -0.1) is 0 Å². The molecule has 1 heterocycles. The maximum atomic E-state index is 5.43. The van der Waals surface area contributed by atoms with E-state index in [1.807, 2.05) is 12.1 Å². The van der Waals surface area contributed by atoms with E-state index in [1.54, 1.807) is 14.2 Å². The van der Waals surface area contributed by atoms with E-state index >= 15 is 0 Å². The molecule has 1 aromatic carbocycles. The molecule has 1 atom stereocenters. The van der Waals surface area contributed by atoms with Crippen LogP contribution < -0.4 is 20.1 Å². The Morgan fingerprint density at radius 3 is 2.68 bits per heavy atom. The van der Waals surface area contributed by atoms with E-state index in [1.165, 1.54) is 0 Å². The number of benzene rings is 1. The first-order valence-electron chi connectivity index (χ1n) is 6.52. The van der Waals surface area contributed by atoms with Gasteiger partial charge in [-0.05, 0) is 18.6 Å². The van der Waals surface area contributed by atoms with Gasteiger partial charge in [0.2, 0.25) is 0 Å². The van der Waals surface area contributed by atoms with Crippen molar-refractivity contribution >= 4 is 5.69 Å². The lowest BCUT2D eigenvalue weighted by Crippen LogP contribution is -2.45. The number of ether oxygens (including phenoxy) is 3. The fourth-order valence-corrected chi connectivity index (χ4v) is 2.16. The minimum Gasteiger partial charge on any atom is -0.493 e. The molecule has 1 fully saturated rings. The van der Waals surface area contributed by atoms with Crippen LogP contribution in [0.3, 0.4) is 0 Å². The second-order valence-corrected chi connectivity index (χ2v) is 4.63. The summed E-state index contributed by atoms with van der Waals surface area (Å²) in [6, 6.07) is 4.30. The van der Waals surface area contributed by atoms with Crippen molar-refractivity contribution in [2.75, 3.05) is 45.8 Å². The molecule has 1 aliphatic heterocycles. The smallest absolute Gasteiger partial charge is 0.162 e. The Labute approximate surface area is 114 Å². The van der Waals surface area contributed by atoms with Crippen molar-refractivity contribution in [1.82, 2.24) is 5.32 Å². The Kier molecular flexibility index (Phi) is 4.87. The average Bonchev–Trinajstić information content (AvgIpc) is 2.46. The number of anilines is 1. The minimum absolute atomic E-state index is 0.348. The highest BCUT2D eigenvalue weighted by Gasteiger charge is 2.14. The van der Waals surface area contributed by atoms with Crippen LogP contribution in [0.15, 0.2) is 12.1 Å². The van der Waals surface area contributed by atoms with E-state index in [0.29, 0.717) is 6.04 Å². The number of methoxy groups -OCH3 is 2. The molecule has 1 unspecified atom stereocenters. The predicted molar refractivity (Wildman–Crippen MR) is 75.4 cm³/mol. The van der Waals surface area contributed by atoms with Crippen molar-refractivity contribution in [3.05, 3.63) is 17.7 Å². The molecule has 1 saturated heterocycles. The molecule has 2 rings (SSSR count). The number of nitrogens with one attached hydrogen (secondary N) is 2. The summed E-state index contributed by atoms with van der Waals surface area (Å²) in [7, 11) is 3.29. The quantitative estimate of drug-likeness (QED) is 0.844. The van der Waals surface area contributed by atoms with Gasteiger partial charge in [0.1, 0.15) is 0 Å². The molecule has 0 bridgehead atoms. The number of aryl methyl sites for hydroxylation is 1. The summed E-state index contributed by atoms with van der Waals surface area (Å²) >= 11 is 0. The van der Waals surface area contributed by atoms with Crippen molar-refractivity contribution in [2.45, 2.75) is 13.0 Å². The third-order valence-corrected chi connectivity index (χ3v) is 3.27. The lowest BCUT2D eigenvalue weighted by atomic mass is 10.1. The highest BCUT2D eigenvalue weighted by Crippen LogP contribution is 2.32. The molecule has 0 saturated carbocycles. The van der Waals surface area contributed by atoms with Crippen LogP contribution in [0.1, 0.15) is 5.56 Å². The Balaban J connectivity index is 2.02. The van der Waals surface area contributed by atoms with Crippen LogP contribution in [0.25, 0.3) is 0 Å². The highest BCUT2D eigenvalue weighted by molar-refractivity contribution is 5.60. The Hall–Kier alpha value is -1.46. The van der Waals surface area contributed by atoms with E-state index < -0.39 is 0 Å². The van der Waals surface area contributed by atoms with Crippen LogP contribution in [0, 0.1) is 6.92 Å². The summed E-state index contributed by atoms with van der Waals surface area (Å²) in [5.41, 5.74) is 2.19. The van der Waals surface area contributed by atoms with Gasteiger partial charge >= 0.3 is 0 Å². The van der Waals surface area contributed by atoms with E-state index in [0.717, 1.165) is 49.1 Å². The lowest BCUT2D eigenvalue weighted by Gasteiger charge is -2.25. The molecular weight excluding hydrogens is 244 g/mol. The van der Waals surface area contributed by atoms with Crippen molar-refractivity contribution in [1.29, 1.82) is 0 Å². The molecule has 5 nitrogen and oxygen atoms in total. The summed E-state index contributed by atoms with van der Waals surface area (Å²) in [6.07, 6.45) is 0. The maximum absolute atomic E-state index is 5.43. The van der Waals surface area contributed by atoms with Crippen LogP contribution in [-0.4, -0.2) is 46.6 Å². The number of hydrogen-bond acceptors (Lipinski definition) is 5. The Morgan fingerprint density at radius 2 is 2.05 bits per heavy atom. The molecule has 0 radical (unpaired) electrons. The van der Waals surface area contributed by atoms with Gasteiger partial charge in [0.05, 0.1) is 27.4 Å². The van der Waals surface area contributed by atoms with Crippen LogP contribution in [0.2, 0.25) is 0 Å². The minimum atomic E-state index is 0.348. The highest BCUT2D eigenvalue weighted by atomic mass is 16.5. The first-order valence-corrected chi connectivity index (χ1v) is 6.52. The van der Waals surface area contributed by atoms with Crippen molar-refractivity contribution < 1.29 is 14.2 Å². The molecular formula is C14H22N2O3. The maximum Gasteiger partial charge on any atom is 0.162 e. The normalized spacial score (nSPS) is 19.0. The summed E-state index contributed by atoms with van der Waals surface area (Å²) in [5, 5.41) is 6.85. The molecule has 0 spiro atoms. The average molecular weight is 266 g/mol. The summed E-state index contributed by atoms with van der Waals surface area (Å²) in [6.45, 7) is 5.34. The van der Waals surface area contributed by atoms with Crippen LogP contribution in [-0.2, 0) is 4.74 Å². The SMILES string of the molecule is COc1cc(C)c(NCC2COCCN2)cc1OC. The fraction of sp³-hybridized carbons (Fsp3) is 0.571. The zero-order chi connectivity index (χ0) is 13.7. The number of hydrogen-bond donors (Lipinski definition) is 2. The molecule has 1 aliphatic rings. The molecule has 0 aliphatic carbocycles. The van der Waals surface area contributed by atoms with Gasteiger partial charge in [-0.3, -0.25) is 0 Å². The molecule has 0 amide bonds. The molecule has 106 valence electrons.